The summed E-state index contributed by atoms with van der Waals surface area (Å²) < 4.78 is 10.9. The first-order chi connectivity index (χ1) is 5.94. The van der Waals surface area contributed by atoms with Gasteiger partial charge in [0.2, 0.25) is 0 Å². The summed E-state index contributed by atoms with van der Waals surface area (Å²) in [5.41, 5.74) is 1.12. The fourth-order valence-electron chi connectivity index (χ4n) is 1.38. The van der Waals surface area contributed by atoms with Crippen LogP contribution >= 0.6 is 0 Å². The van der Waals surface area contributed by atoms with E-state index >= 15 is 0 Å². The number of carbonyl (C=O) groups is 1. The summed E-state index contributed by atoms with van der Waals surface area (Å²) in [5, 5.41) is 0. The molecular weight excluding hydrogens is 168 g/mol. The van der Waals surface area contributed by atoms with E-state index in [0.717, 1.165) is 11.9 Å². The van der Waals surface area contributed by atoms with Crippen LogP contribution in [0.3, 0.4) is 0 Å². The molecule has 0 unspecified atom stereocenters. The number of carbonyl (C=O) groups excluding carboxylic acids is 1. The van der Waals surface area contributed by atoms with Crippen molar-refractivity contribution in [2.24, 2.45) is 0 Å². The van der Waals surface area contributed by atoms with E-state index in [1.54, 1.807) is 0 Å². The maximum Gasteiger partial charge on any atom is 0.164 e. The van der Waals surface area contributed by atoms with E-state index in [2.05, 4.69) is 0 Å². The minimum absolute atomic E-state index is 0.238. The molecule has 3 heteroatoms. The average Bonchev–Trinajstić information content (AvgIpc) is 2.24. The zero-order valence-electron chi connectivity index (χ0n) is 8.53. The quantitative estimate of drug-likeness (QED) is 0.483. The predicted molar refractivity (Wildman–Crippen MR) is 49.3 cm³/mol. The van der Waals surface area contributed by atoms with Crippen molar-refractivity contribution < 1.29 is 14.3 Å². The smallest absolute Gasteiger partial charge is 0.164 e. The van der Waals surface area contributed by atoms with Crippen LogP contribution in [0.1, 0.15) is 27.7 Å². The second-order valence-electron chi connectivity index (χ2n) is 3.94. The first-order valence-corrected chi connectivity index (χ1v) is 4.40. The standard InChI is InChI=1S/C10H16O3/c1-7(2)5-8-9(6-11)13-10(3,4)12-8/h5-6,8-9H,1-4H3/t8-,9+/m0/s1. The number of ether oxygens (including phenoxy) is 2. The third kappa shape index (κ3) is 2.64. The van der Waals surface area contributed by atoms with Gasteiger partial charge in [-0.05, 0) is 27.7 Å². The van der Waals surface area contributed by atoms with Crippen molar-refractivity contribution >= 4 is 6.29 Å². The molecule has 13 heavy (non-hydrogen) atoms. The summed E-state index contributed by atoms with van der Waals surface area (Å²) >= 11 is 0. The molecular formula is C10H16O3. The average molecular weight is 184 g/mol. The highest BCUT2D eigenvalue weighted by atomic mass is 16.8. The van der Waals surface area contributed by atoms with Crippen molar-refractivity contribution in [2.45, 2.75) is 45.7 Å². The fraction of sp³-hybridized carbons (Fsp3) is 0.700. The van der Waals surface area contributed by atoms with Crippen LogP contribution in [0, 0.1) is 0 Å². The van der Waals surface area contributed by atoms with Gasteiger partial charge in [0, 0.05) is 0 Å². The zero-order valence-corrected chi connectivity index (χ0v) is 8.53. The third-order valence-corrected chi connectivity index (χ3v) is 1.80. The van der Waals surface area contributed by atoms with Gasteiger partial charge in [-0.2, -0.15) is 0 Å². The molecule has 0 radical (unpaired) electrons. The van der Waals surface area contributed by atoms with Gasteiger partial charge in [-0.3, -0.25) is 0 Å². The first kappa shape index (κ1) is 10.4. The monoisotopic (exact) mass is 184 g/mol. The minimum Gasteiger partial charge on any atom is -0.340 e. The second-order valence-corrected chi connectivity index (χ2v) is 3.94. The second kappa shape index (κ2) is 3.60. The van der Waals surface area contributed by atoms with Crippen molar-refractivity contribution in [1.82, 2.24) is 0 Å². The molecule has 1 rings (SSSR count). The van der Waals surface area contributed by atoms with Gasteiger partial charge in [-0.1, -0.05) is 11.6 Å². The SMILES string of the molecule is CC(C)=C[C@@H]1OC(C)(C)O[C@@H]1C=O. The van der Waals surface area contributed by atoms with E-state index in [-0.39, 0.29) is 6.10 Å². The Morgan fingerprint density at radius 1 is 1.23 bits per heavy atom. The first-order valence-electron chi connectivity index (χ1n) is 4.40. The Kier molecular flexibility index (Phi) is 2.88. The van der Waals surface area contributed by atoms with Gasteiger partial charge in [0.1, 0.15) is 12.2 Å². The van der Waals surface area contributed by atoms with Crippen LogP contribution in [-0.2, 0) is 14.3 Å². The van der Waals surface area contributed by atoms with Crippen molar-refractivity contribution in [1.29, 1.82) is 0 Å². The number of hydrogen-bond acceptors (Lipinski definition) is 3. The summed E-state index contributed by atoms with van der Waals surface area (Å²) in [6.45, 7) is 7.55. The molecule has 0 N–H and O–H groups in total. The Bertz CT molecular complexity index is 226. The molecule has 0 bridgehead atoms. The molecule has 0 amide bonds. The van der Waals surface area contributed by atoms with Gasteiger partial charge in [-0.15, -0.1) is 0 Å². The number of rotatable bonds is 2. The van der Waals surface area contributed by atoms with Crippen molar-refractivity contribution in [3.8, 4) is 0 Å². The van der Waals surface area contributed by atoms with Crippen LogP contribution in [-0.4, -0.2) is 24.3 Å². The topological polar surface area (TPSA) is 35.5 Å². The molecule has 0 aromatic heterocycles. The van der Waals surface area contributed by atoms with Gasteiger partial charge >= 0.3 is 0 Å². The molecule has 0 aromatic rings. The lowest BCUT2D eigenvalue weighted by molar-refractivity contribution is -0.148. The Hall–Kier alpha value is -0.670. The Labute approximate surface area is 78.7 Å². The molecule has 0 aliphatic carbocycles. The van der Waals surface area contributed by atoms with Crippen LogP contribution in [0.5, 0.6) is 0 Å². The molecule has 0 saturated carbocycles. The van der Waals surface area contributed by atoms with Crippen LogP contribution in [0.15, 0.2) is 11.6 Å². The molecule has 1 aliphatic rings. The Balaban J connectivity index is 2.75. The van der Waals surface area contributed by atoms with Crippen molar-refractivity contribution in [3.63, 3.8) is 0 Å². The van der Waals surface area contributed by atoms with E-state index in [1.807, 2.05) is 33.8 Å². The zero-order chi connectivity index (χ0) is 10.1. The number of hydrogen-bond donors (Lipinski definition) is 0. The van der Waals surface area contributed by atoms with E-state index < -0.39 is 11.9 Å². The molecule has 0 aromatic carbocycles. The molecule has 3 nitrogen and oxygen atoms in total. The van der Waals surface area contributed by atoms with E-state index in [0.29, 0.717) is 0 Å². The molecule has 1 fully saturated rings. The van der Waals surface area contributed by atoms with Gasteiger partial charge in [0.25, 0.3) is 0 Å². The largest absolute Gasteiger partial charge is 0.340 e. The van der Waals surface area contributed by atoms with Gasteiger partial charge in [0.05, 0.1) is 0 Å². The minimum atomic E-state index is -0.651. The lowest BCUT2D eigenvalue weighted by Gasteiger charge is -2.15. The summed E-state index contributed by atoms with van der Waals surface area (Å²) in [6, 6.07) is 0. The van der Waals surface area contributed by atoms with Gasteiger partial charge in [0.15, 0.2) is 12.1 Å². The maximum absolute atomic E-state index is 10.7. The molecule has 1 saturated heterocycles. The highest BCUT2D eigenvalue weighted by Gasteiger charge is 2.39. The molecule has 2 atom stereocenters. The predicted octanol–water partition coefficient (Wildman–Crippen LogP) is 1.67. The summed E-state index contributed by atoms with van der Waals surface area (Å²) in [4.78, 5) is 10.7. The van der Waals surface area contributed by atoms with E-state index in [4.69, 9.17) is 9.47 Å². The normalized spacial score (nSPS) is 31.4. The van der Waals surface area contributed by atoms with Crippen LogP contribution in [0.4, 0.5) is 0 Å². The summed E-state index contributed by atoms with van der Waals surface area (Å²) in [7, 11) is 0. The molecule has 1 heterocycles. The maximum atomic E-state index is 10.7. The summed E-state index contributed by atoms with van der Waals surface area (Å²) in [6.07, 6.45) is 1.99. The summed E-state index contributed by atoms with van der Waals surface area (Å²) in [5.74, 6) is -0.651. The highest BCUT2D eigenvalue weighted by molar-refractivity contribution is 5.58. The lowest BCUT2D eigenvalue weighted by atomic mass is 10.1. The molecule has 0 spiro atoms. The van der Waals surface area contributed by atoms with Crippen LogP contribution < -0.4 is 0 Å². The Morgan fingerprint density at radius 3 is 2.23 bits per heavy atom. The molecule has 1 aliphatic heterocycles. The van der Waals surface area contributed by atoms with Crippen LogP contribution in [0.2, 0.25) is 0 Å². The van der Waals surface area contributed by atoms with Gasteiger partial charge < -0.3 is 14.3 Å². The molecule has 74 valence electrons. The highest BCUT2D eigenvalue weighted by Crippen LogP contribution is 2.28. The fourth-order valence-corrected chi connectivity index (χ4v) is 1.38. The lowest BCUT2D eigenvalue weighted by Crippen LogP contribution is -2.22. The van der Waals surface area contributed by atoms with Crippen molar-refractivity contribution in [3.05, 3.63) is 11.6 Å². The third-order valence-electron chi connectivity index (χ3n) is 1.80. The van der Waals surface area contributed by atoms with Crippen molar-refractivity contribution in [2.75, 3.05) is 0 Å². The number of allylic oxidation sites excluding steroid dienone is 1. The number of aldehydes is 1. The van der Waals surface area contributed by atoms with E-state index in [9.17, 15) is 4.79 Å². The van der Waals surface area contributed by atoms with Gasteiger partial charge in [-0.25, -0.2) is 0 Å². The van der Waals surface area contributed by atoms with E-state index in [1.165, 1.54) is 0 Å². The van der Waals surface area contributed by atoms with Crippen LogP contribution in [0.25, 0.3) is 0 Å². The Morgan fingerprint density at radius 2 is 1.77 bits per heavy atom.